The molecule has 0 unspecified atom stereocenters. The highest BCUT2D eigenvalue weighted by atomic mass is 35.5. The smallest absolute Gasteiger partial charge is 0.160 e. The molecule has 1 aliphatic heterocycles. The van der Waals surface area contributed by atoms with Crippen LogP contribution in [0.3, 0.4) is 0 Å². The van der Waals surface area contributed by atoms with E-state index in [1.54, 1.807) is 6.20 Å². The standard InChI is InChI=1S/C15H21ClN4/c1-10(2)7-14-19-13-8-11(16)9-18-15(13)20(14)12-3-5-17-6-4-12/h8-10,12,17H,3-7H2,1-2H3. The predicted molar refractivity (Wildman–Crippen MR) is 82.2 cm³/mol. The fraction of sp³-hybridized carbons (Fsp3) is 0.600. The lowest BCUT2D eigenvalue weighted by atomic mass is 10.1. The van der Waals surface area contributed by atoms with Gasteiger partial charge in [0.25, 0.3) is 0 Å². The third-order valence-corrected chi connectivity index (χ3v) is 4.04. The maximum Gasteiger partial charge on any atom is 0.160 e. The average Bonchev–Trinajstić information content (AvgIpc) is 2.75. The number of aromatic nitrogens is 3. The molecule has 1 N–H and O–H groups in total. The number of fused-ring (bicyclic) bond motifs is 1. The minimum Gasteiger partial charge on any atom is -0.317 e. The number of pyridine rings is 1. The van der Waals surface area contributed by atoms with Gasteiger partial charge in [-0.2, -0.15) is 0 Å². The predicted octanol–water partition coefficient (Wildman–Crippen LogP) is 3.21. The second-order valence-electron chi connectivity index (χ2n) is 5.97. The molecule has 0 aliphatic carbocycles. The number of imidazole rings is 1. The van der Waals surface area contributed by atoms with Crippen LogP contribution in [0.1, 0.15) is 38.6 Å². The van der Waals surface area contributed by atoms with Crippen LogP contribution in [0.15, 0.2) is 12.3 Å². The van der Waals surface area contributed by atoms with E-state index in [0.29, 0.717) is 17.0 Å². The fourth-order valence-electron chi connectivity index (χ4n) is 2.96. The van der Waals surface area contributed by atoms with Crippen molar-refractivity contribution in [3.05, 3.63) is 23.1 Å². The second-order valence-corrected chi connectivity index (χ2v) is 6.41. The minimum atomic E-state index is 0.503. The van der Waals surface area contributed by atoms with Crippen LogP contribution < -0.4 is 5.32 Å². The van der Waals surface area contributed by atoms with E-state index in [4.69, 9.17) is 16.6 Å². The third kappa shape index (κ3) is 2.67. The summed E-state index contributed by atoms with van der Waals surface area (Å²) in [7, 11) is 0. The Kier molecular flexibility index (Phi) is 3.94. The maximum absolute atomic E-state index is 6.05. The Balaban J connectivity index is 2.09. The number of nitrogens with one attached hydrogen (secondary N) is 1. The van der Waals surface area contributed by atoms with Gasteiger partial charge in [0.05, 0.1) is 5.02 Å². The summed E-state index contributed by atoms with van der Waals surface area (Å²) in [6.07, 6.45) is 4.99. The van der Waals surface area contributed by atoms with E-state index in [0.717, 1.165) is 49.3 Å². The van der Waals surface area contributed by atoms with Gasteiger partial charge in [0.1, 0.15) is 11.3 Å². The highest BCUT2D eigenvalue weighted by Gasteiger charge is 2.22. The molecule has 0 amide bonds. The van der Waals surface area contributed by atoms with Crippen LogP contribution in [0.4, 0.5) is 0 Å². The van der Waals surface area contributed by atoms with Crippen LogP contribution in [0.25, 0.3) is 11.2 Å². The summed E-state index contributed by atoms with van der Waals surface area (Å²) >= 11 is 6.05. The van der Waals surface area contributed by atoms with Crippen LogP contribution in [0.5, 0.6) is 0 Å². The largest absolute Gasteiger partial charge is 0.317 e. The van der Waals surface area contributed by atoms with Crippen molar-refractivity contribution < 1.29 is 0 Å². The van der Waals surface area contributed by atoms with Gasteiger partial charge in [0.2, 0.25) is 0 Å². The van der Waals surface area contributed by atoms with E-state index in [1.165, 1.54) is 0 Å². The van der Waals surface area contributed by atoms with Gasteiger partial charge in [-0.25, -0.2) is 9.97 Å². The van der Waals surface area contributed by atoms with Crippen molar-refractivity contribution in [1.29, 1.82) is 0 Å². The molecule has 0 aromatic carbocycles. The molecule has 0 spiro atoms. The molecule has 0 saturated carbocycles. The highest BCUT2D eigenvalue weighted by Crippen LogP contribution is 2.28. The molecule has 108 valence electrons. The lowest BCUT2D eigenvalue weighted by molar-refractivity contribution is 0.362. The lowest BCUT2D eigenvalue weighted by Gasteiger charge is -2.26. The summed E-state index contributed by atoms with van der Waals surface area (Å²) in [5, 5.41) is 4.07. The van der Waals surface area contributed by atoms with Crippen molar-refractivity contribution in [2.24, 2.45) is 5.92 Å². The minimum absolute atomic E-state index is 0.503. The molecular formula is C15H21ClN4. The molecule has 3 rings (SSSR count). The van der Waals surface area contributed by atoms with Crippen molar-refractivity contribution in [3.63, 3.8) is 0 Å². The van der Waals surface area contributed by atoms with Gasteiger partial charge in [-0.3, -0.25) is 0 Å². The zero-order chi connectivity index (χ0) is 14.1. The first-order valence-electron chi connectivity index (χ1n) is 7.38. The number of rotatable bonds is 3. The second kappa shape index (κ2) is 5.70. The number of piperidine rings is 1. The Hall–Kier alpha value is -1.13. The molecule has 2 aromatic rings. The van der Waals surface area contributed by atoms with Gasteiger partial charge in [-0.1, -0.05) is 25.4 Å². The molecule has 20 heavy (non-hydrogen) atoms. The molecule has 1 saturated heterocycles. The lowest BCUT2D eigenvalue weighted by Crippen LogP contribution is -2.30. The summed E-state index contributed by atoms with van der Waals surface area (Å²) in [6.45, 7) is 6.59. The monoisotopic (exact) mass is 292 g/mol. The van der Waals surface area contributed by atoms with E-state index in [1.807, 2.05) is 6.07 Å². The van der Waals surface area contributed by atoms with Gasteiger partial charge in [-0.15, -0.1) is 0 Å². The van der Waals surface area contributed by atoms with Crippen molar-refractivity contribution in [2.45, 2.75) is 39.2 Å². The summed E-state index contributed by atoms with van der Waals surface area (Å²) in [4.78, 5) is 9.32. The normalized spacial score (nSPS) is 17.2. The van der Waals surface area contributed by atoms with Crippen molar-refractivity contribution in [3.8, 4) is 0 Å². The first-order chi connectivity index (χ1) is 9.65. The molecule has 0 bridgehead atoms. The molecule has 4 nitrogen and oxygen atoms in total. The summed E-state index contributed by atoms with van der Waals surface area (Å²) in [5.41, 5.74) is 1.91. The first-order valence-corrected chi connectivity index (χ1v) is 7.76. The molecule has 0 radical (unpaired) electrons. The Morgan fingerprint density at radius 2 is 2.15 bits per heavy atom. The highest BCUT2D eigenvalue weighted by molar-refractivity contribution is 6.31. The molecule has 5 heteroatoms. The third-order valence-electron chi connectivity index (χ3n) is 3.83. The maximum atomic E-state index is 6.05. The molecule has 1 aliphatic rings. The number of hydrogen-bond donors (Lipinski definition) is 1. The van der Waals surface area contributed by atoms with Crippen LogP contribution >= 0.6 is 11.6 Å². The molecule has 1 fully saturated rings. The number of nitrogens with zero attached hydrogens (tertiary/aromatic N) is 3. The molecule has 0 atom stereocenters. The number of halogens is 1. The van der Waals surface area contributed by atoms with E-state index < -0.39 is 0 Å². The average molecular weight is 293 g/mol. The van der Waals surface area contributed by atoms with Crippen LogP contribution in [0, 0.1) is 5.92 Å². The van der Waals surface area contributed by atoms with Gasteiger partial charge < -0.3 is 9.88 Å². The van der Waals surface area contributed by atoms with Gasteiger partial charge in [-0.05, 0) is 37.9 Å². The van der Waals surface area contributed by atoms with Crippen molar-refractivity contribution >= 4 is 22.8 Å². The topological polar surface area (TPSA) is 42.7 Å². The van der Waals surface area contributed by atoms with Gasteiger partial charge in [0, 0.05) is 18.7 Å². The summed E-state index contributed by atoms with van der Waals surface area (Å²) in [5.74, 6) is 1.74. The zero-order valence-electron chi connectivity index (χ0n) is 12.1. The van der Waals surface area contributed by atoms with Crippen LogP contribution in [-0.2, 0) is 6.42 Å². The van der Waals surface area contributed by atoms with Crippen LogP contribution in [-0.4, -0.2) is 27.6 Å². The van der Waals surface area contributed by atoms with Gasteiger partial charge in [0.15, 0.2) is 5.65 Å². The van der Waals surface area contributed by atoms with E-state index in [9.17, 15) is 0 Å². The zero-order valence-corrected chi connectivity index (χ0v) is 12.8. The van der Waals surface area contributed by atoms with Crippen LogP contribution in [0.2, 0.25) is 5.02 Å². The Morgan fingerprint density at radius 1 is 1.40 bits per heavy atom. The van der Waals surface area contributed by atoms with Gasteiger partial charge >= 0.3 is 0 Å². The molecule has 3 heterocycles. The van der Waals surface area contributed by atoms with E-state index >= 15 is 0 Å². The fourth-order valence-corrected chi connectivity index (χ4v) is 3.11. The Labute approximate surface area is 124 Å². The quantitative estimate of drug-likeness (QED) is 0.944. The Bertz CT molecular complexity index is 599. The molecular weight excluding hydrogens is 272 g/mol. The van der Waals surface area contributed by atoms with E-state index in [-0.39, 0.29) is 0 Å². The Morgan fingerprint density at radius 3 is 2.85 bits per heavy atom. The van der Waals surface area contributed by atoms with Crippen molar-refractivity contribution in [1.82, 2.24) is 19.9 Å². The number of hydrogen-bond acceptors (Lipinski definition) is 3. The first kappa shape index (κ1) is 13.8. The van der Waals surface area contributed by atoms with E-state index in [2.05, 4.69) is 28.7 Å². The SMILES string of the molecule is CC(C)Cc1nc2cc(Cl)cnc2n1C1CCNCC1. The molecule has 2 aromatic heterocycles. The summed E-state index contributed by atoms with van der Waals surface area (Å²) in [6, 6.07) is 2.43. The summed E-state index contributed by atoms with van der Waals surface area (Å²) < 4.78 is 2.35. The van der Waals surface area contributed by atoms with Crippen molar-refractivity contribution in [2.75, 3.05) is 13.1 Å².